The van der Waals surface area contributed by atoms with Crippen molar-refractivity contribution in [3.63, 3.8) is 0 Å². The van der Waals surface area contributed by atoms with Gasteiger partial charge in [0, 0.05) is 19.3 Å². The molecule has 0 aromatic heterocycles. The lowest BCUT2D eigenvalue weighted by Gasteiger charge is -2.18. The summed E-state index contributed by atoms with van der Waals surface area (Å²) in [7, 11) is 0. The number of carbonyl (C=O) groups excluding carboxylic acids is 3. The number of esters is 3. The van der Waals surface area contributed by atoms with E-state index in [1.807, 2.05) is 0 Å². The average Bonchev–Trinajstić information content (AvgIpc) is 3.46. The predicted molar refractivity (Wildman–Crippen MR) is 349 cm³/mol. The maximum Gasteiger partial charge on any atom is 0.306 e. The lowest BCUT2D eigenvalue weighted by atomic mass is 10.0. The molecule has 1 atom stereocenters. The second-order valence-electron chi connectivity index (χ2n) is 24.1. The largest absolute Gasteiger partial charge is 0.462 e. The van der Waals surface area contributed by atoms with Crippen molar-refractivity contribution in [1.82, 2.24) is 0 Å². The summed E-state index contributed by atoms with van der Waals surface area (Å²) in [4.78, 5) is 38.5. The maximum absolute atomic E-state index is 13.0. The molecule has 0 amide bonds. The minimum Gasteiger partial charge on any atom is -0.462 e. The Balaban J connectivity index is 4.34. The van der Waals surface area contributed by atoms with Crippen LogP contribution in [-0.4, -0.2) is 37.2 Å². The molecular formula is C74H136O6. The summed E-state index contributed by atoms with van der Waals surface area (Å²) in [5.74, 6) is -0.866. The van der Waals surface area contributed by atoms with Gasteiger partial charge in [-0.2, -0.15) is 0 Å². The minimum absolute atomic E-state index is 0.0758. The SMILES string of the molecule is CCCCCCC/C=C\C/C=C\C/C=C\CCCCCCCCC(=O)OC(COC(=O)CCCCCCCCC/C=C\CCCCCCCCC)COC(=O)CCCCCCCCCCCCCCCCCCCCCCCCC. The van der Waals surface area contributed by atoms with E-state index in [0.29, 0.717) is 19.3 Å². The number of hydrogen-bond acceptors (Lipinski definition) is 6. The highest BCUT2D eigenvalue weighted by atomic mass is 16.6. The van der Waals surface area contributed by atoms with Gasteiger partial charge in [0.05, 0.1) is 0 Å². The normalized spacial score (nSPS) is 12.3. The number of ether oxygens (including phenoxy) is 3. The third-order valence-corrected chi connectivity index (χ3v) is 16.1. The fraction of sp³-hybridized carbons (Fsp3) is 0.851. The quantitative estimate of drug-likeness (QED) is 0.0261. The lowest BCUT2D eigenvalue weighted by molar-refractivity contribution is -0.167. The molecule has 0 spiro atoms. The molecule has 6 nitrogen and oxygen atoms in total. The van der Waals surface area contributed by atoms with Gasteiger partial charge < -0.3 is 14.2 Å². The van der Waals surface area contributed by atoms with E-state index in [-0.39, 0.29) is 31.1 Å². The molecule has 0 rings (SSSR count). The topological polar surface area (TPSA) is 78.9 Å². The fourth-order valence-corrected chi connectivity index (χ4v) is 10.7. The molecule has 0 aliphatic heterocycles. The number of carbonyl (C=O) groups is 3. The zero-order valence-corrected chi connectivity index (χ0v) is 53.9. The van der Waals surface area contributed by atoms with Crippen molar-refractivity contribution in [2.75, 3.05) is 13.2 Å². The van der Waals surface area contributed by atoms with Crippen LogP contribution in [0.5, 0.6) is 0 Å². The standard InChI is InChI=1S/C74H136O6/c1-4-7-10-13-16-19-22-25-28-31-34-36-37-39-40-43-46-49-52-55-58-61-64-67-73(76)79-70-71(69-78-72(75)66-63-60-57-54-51-48-45-42-33-30-27-24-21-18-15-12-9-6-3)80-74(77)68-65-62-59-56-53-50-47-44-41-38-35-32-29-26-23-20-17-14-11-8-5-2/h23,26,30,32-33,35,41,44,71H,4-22,24-25,27-29,31,34,36-40,42-43,45-70H2,1-3H3/b26-23-,33-30-,35-32-,44-41-. The second-order valence-corrected chi connectivity index (χ2v) is 24.1. The van der Waals surface area contributed by atoms with Crippen molar-refractivity contribution in [2.45, 2.75) is 393 Å². The highest BCUT2D eigenvalue weighted by molar-refractivity contribution is 5.71. The van der Waals surface area contributed by atoms with Gasteiger partial charge in [-0.3, -0.25) is 14.4 Å². The Kier molecular flexibility index (Phi) is 66.6. The van der Waals surface area contributed by atoms with E-state index in [1.165, 1.54) is 270 Å². The van der Waals surface area contributed by atoms with Crippen molar-refractivity contribution in [3.05, 3.63) is 48.6 Å². The van der Waals surface area contributed by atoms with Gasteiger partial charge >= 0.3 is 17.9 Å². The molecule has 6 heteroatoms. The first-order valence-corrected chi connectivity index (χ1v) is 35.6. The van der Waals surface area contributed by atoms with Crippen molar-refractivity contribution in [1.29, 1.82) is 0 Å². The summed E-state index contributed by atoms with van der Waals surface area (Å²) in [6.45, 7) is 6.69. The second kappa shape index (κ2) is 68.9. The highest BCUT2D eigenvalue weighted by Gasteiger charge is 2.19. The van der Waals surface area contributed by atoms with Gasteiger partial charge in [0.15, 0.2) is 6.10 Å². The van der Waals surface area contributed by atoms with Crippen LogP contribution >= 0.6 is 0 Å². The van der Waals surface area contributed by atoms with E-state index in [1.54, 1.807) is 0 Å². The van der Waals surface area contributed by atoms with Crippen molar-refractivity contribution >= 4 is 17.9 Å². The van der Waals surface area contributed by atoms with Crippen molar-refractivity contribution in [2.24, 2.45) is 0 Å². The van der Waals surface area contributed by atoms with Crippen LogP contribution in [0.4, 0.5) is 0 Å². The Morgan fingerprint density at radius 2 is 0.450 bits per heavy atom. The molecule has 0 aromatic carbocycles. The molecule has 1 unspecified atom stereocenters. The van der Waals surface area contributed by atoms with Crippen LogP contribution in [0.1, 0.15) is 387 Å². The van der Waals surface area contributed by atoms with Crippen molar-refractivity contribution < 1.29 is 28.6 Å². The van der Waals surface area contributed by atoms with E-state index >= 15 is 0 Å². The first-order valence-electron chi connectivity index (χ1n) is 35.6. The van der Waals surface area contributed by atoms with Crippen LogP contribution < -0.4 is 0 Å². The lowest BCUT2D eigenvalue weighted by Crippen LogP contribution is -2.30. The number of hydrogen-bond donors (Lipinski definition) is 0. The molecule has 0 N–H and O–H groups in total. The Labute approximate surface area is 498 Å². The van der Waals surface area contributed by atoms with Gasteiger partial charge in [0.25, 0.3) is 0 Å². The molecule has 80 heavy (non-hydrogen) atoms. The van der Waals surface area contributed by atoms with E-state index in [9.17, 15) is 14.4 Å². The maximum atomic E-state index is 13.0. The Bertz CT molecular complexity index is 1380. The average molecular weight is 1120 g/mol. The summed E-state index contributed by atoms with van der Waals surface area (Å²) in [6, 6.07) is 0. The fourth-order valence-electron chi connectivity index (χ4n) is 10.7. The van der Waals surface area contributed by atoms with Gasteiger partial charge in [-0.25, -0.2) is 0 Å². The molecule has 0 heterocycles. The van der Waals surface area contributed by atoms with Crippen molar-refractivity contribution in [3.8, 4) is 0 Å². The van der Waals surface area contributed by atoms with Gasteiger partial charge in [0.1, 0.15) is 13.2 Å². The van der Waals surface area contributed by atoms with E-state index < -0.39 is 6.10 Å². The number of allylic oxidation sites excluding steroid dienone is 8. The van der Waals surface area contributed by atoms with E-state index in [4.69, 9.17) is 14.2 Å². The molecule has 0 aliphatic carbocycles. The Hall–Kier alpha value is -2.63. The summed E-state index contributed by atoms with van der Waals surface area (Å²) in [5.41, 5.74) is 0. The summed E-state index contributed by atoms with van der Waals surface area (Å²) in [6.07, 6.45) is 87.0. The van der Waals surface area contributed by atoms with Crippen LogP contribution in [0.15, 0.2) is 48.6 Å². The zero-order valence-electron chi connectivity index (χ0n) is 53.9. The highest BCUT2D eigenvalue weighted by Crippen LogP contribution is 2.18. The molecule has 0 saturated carbocycles. The summed E-state index contributed by atoms with van der Waals surface area (Å²) >= 11 is 0. The first kappa shape index (κ1) is 77.4. The van der Waals surface area contributed by atoms with Gasteiger partial charge in [-0.05, 0) is 83.5 Å². The molecule has 0 saturated heterocycles. The monoisotopic (exact) mass is 1120 g/mol. The van der Waals surface area contributed by atoms with E-state index in [0.717, 1.165) is 77.0 Å². The molecule has 0 aliphatic rings. The third kappa shape index (κ3) is 66.2. The minimum atomic E-state index is -0.782. The van der Waals surface area contributed by atoms with Gasteiger partial charge in [-0.15, -0.1) is 0 Å². The molecule has 0 fully saturated rings. The third-order valence-electron chi connectivity index (χ3n) is 16.1. The van der Waals surface area contributed by atoms with Gasteiger partial charge in [0.2, 0.25) is 0 Å². The summed E-state index contributed by atoms with van der Waals surface area (Å²) < 4.78 is 17.0. The summed E-state index contributed by atoms with van der Waals surface area (Å²) in [5, 5.41) is 0. The van der Waals surface area contributed by atoms with Crippen LogP contribution in [0.3, 0.4) is 0 Å². The predicted octanol–water partition coefficient (Wildman–Crippen LogP) is 24.5. The van der Waals surface area contributed by atoms with Crippen LogP contribution in [-0.2, 0) is 28.6 Å². The van der Waals surface area contributed by atoms with E-state index in [2.05, 4.69) is 69.4 Å². The first-order chi connectivity index (χ1) is 39.5. The molecule has 0 aromatic rings. The van der Waals surface area contributed by atoms with Crippen LogP contribution in [0, 0.1) is 0 Å². The molecule has 468 valence electrons. The van der Waals surface area contributed by atoms with Crippen LogP contribution in [0.25, 0.3) is 0 Å². The molecule has 0 bridgehead atoms. The smallest absolute Gasteiger partial charge is 0.306 e. The van der Waals surface area contributed by atoms with Crippen LogP contribution in [0.2, 0.25) is 0 Å². The Morgan fingerprint density at radius 3 is 0.713 bits per heavy atom. The Morgan fingerprint density at radius 1 is 0.250 bits per heavy atom. The molecule has 0 radical (unpaired) electrons. The number of rotatable bonds is 66. The number of unbranched alkanes of at least 4 members (excludes halogenated alkanes) is 47. The zero-order chi connectivity index (χ0) is 57.8. The van der Waals surface area contributed by atoms with Gasteiger partial charge in [-0.1, -0.05) is 333 Å². The molecular weight excluding hydrogens is 985 g/mol.